The van der Waals surface area contributed by atoms with Crippen molar-refractivity contribution in [1.29, 1.82) is 0 Å². The van der Waals surface area contributed by atoms with Crippen LogP contribution in [-0.2, 0) is 11.2 Å². The van der Waals surface area contributed by atoms with E-state index in [1.54, 1.807) is 12.1 Å². The zero-order valence-corrected chi connectivity index (χ0v) is 11.9. The topological polar surface area (TPSA) is 44.4 Å². The van der Waals surface area contributed by atoms with E-state index in [1.807, 2.05) is 0 Å². The van der Waals surface area contributed by atoms with Gasteiger partial charge in [0.15, 0.2) is 0 Å². The smallest absolute Gasteiger partial charge is 0.234 e. The van der Waals surface area contributed by atoms with Gasteiger partial charge in [-0.1, -0.05) is 12.1 Å². The van der Waals surface area contributed by atoms with Gasteiger partial charge in [-0.3, -0.25) is 9.69 Å². The van der Waals surface area contributed by atoms with E-state index in [1.165, 1.54) is 12.1 Å². The highest BCUT2D eigenvalue weighted by Gasteiger charge is 2.17. The standard InChI is InChI=1S/C15H22FN3O/c1-12-10-19(9-8-17-12)11-15(20)18-7-6-13-2-4-14(16)5-3-13/h2-5,12,17H,6-11H2,1H3,(H,18,20). The maximum Gasteiger partial charge on any atom is 0.234 e. The second kappa shape index (κ2) is 7.36. The van der Waals surface area contributed by atoms with Crippen LogP contribution in [0.5, 0.6) is 0 Å². The minimum absolute atomic E-state index is 0.0567. The normalized spacial score (nSPS) is 19.8. The number of benzene rings is 1. The van der Waals surface area contributed by atoms with E-state index in [0.717, 1.165) is 31.6 Å². The number of amides is 1. The third-order valence-electron chi connectivity index (χ3n) is 3.47. The van der Waals surface area contributed by atoms with Crippen LogP contribution < -0.4 is 10.6 Å². The van der Waals surface area contributed by atoms with E-state index in [0.29, 0.717) is 19.1 Å². The molecular formula is C15H22FN3O. The number of carbonyl (C=O) groups excluding carboxylic acids is 1. The number of hydrogen-bond donors (Lipinski definition) is 2. The molecule has 110 valence electrons. The molecule has 2 N–H and O–H groups in total. The Labute approximate surface area is 119 Å². The summed E-state index contributed by atoms with van der Waals surface area (Å²) in [6.45, 7) is 5.92. The van der Waals surface area contributed by atoms with Crippen LogP contribution in [-0.4, -0.2) is 49.6 Å². The lowest BCUT2D eigenvalue weighted by Crippen LogP contribution is -2.51. The third-order valence-corrected chi connectivity index (χ3v) is 3.47. The number of nitrogens with one attached hydrogen (secondary N) is 2. The van der Waals surface area contributed by atoms with Crippen molar-refractivity contribution in [3.63, 3.8) is 0 Å². The second-order valence-corrected chi connectivity index (χ2v) is 5.32. The van der Waals surface area contributed by atoms with Gasteiger partial charge in [-0.15, -0.1) is 0 Å². The van der Waals surface area contributed by atoms with Crippen LogP contribution in [0.25, 0.3) is 0 Å². The van der Waals surface area contributed by atoms with Crippen molar-refractivity contribution >= 4 is 5.91 Å². The molecule has 1 aromatic carbocycles. The molecule has 1 unspecified atom stereocenters. The molecule has 0 radical (unpaired) electrons. The Balaban J connectivity index is 1.66. The molecule has 1 heterocycles. The lowest BCUT2D eigenvalue weighted by Gasteiger charge is -2.31. The zero-order chi connectivity index (χ0) is 14.4. The predicted molar refractivity (Wildman–Crippen MR) is 77.0 cm³/mol. The van der Waals surface area contributed by atoms with Gasteiger partial charge >= 0.3 is 0 Å². The highest BCUT2D eigenvalue weighted by Crippen LogP contribution is 2.03. The SMILES string of the molecule is CC1CN(CC(=O)NCCc2ccc(F)cc2)CCN1. The molecule has 0 aliphatic carbocycles. The van der Waals surface area contributed by atoms with Crippen LogP contribution in [0, 0.1) is 5.82 Å². The molecule has 0 saturated carbocycles. The van der Waals surface area contributed by atoms with Gasteiger partial charge in [0.25, 0.3) is 0 Å². The largest absolute Gasteiger partial charge is 0.355 e. The van der Waals surface area contributed by atoms with Gasteiger partial charge in [-0.05, 0) is 31.0 Å². The fraction of sp³-hybridized carbons (Fsp3) is 0.533. The fourth-order valence-electron chi connectivity index (χ4n) is 2.41. The molecule has 0 bridgehead atoms. The molecule has 4 nitrogen and oxygen atoms in total. The molecule has 1 saturated heterocycles. The van der Waals surface area contributed by atoms with Gasteiger partial charge in [0, 0.05) is 32.2 Å². The Bertz CT molecular complexity index is 435. The van der Waals surface area contributed by atoms with E-state index < -0.39 is 0 Å². The number of hydrogen-bond acceptors (Lipinski definition) is 3. The maximum absolute atomic E-state index is 12.7. The first-order valence-electron chi connectivity index (χ1n) is 7.10. The van der Waals surface area contributed by atoms with Gasteiger partial charge in [0.1, 0.15) is 5.82 Å². The molecule has 1 fully saturated rings. The molecule has 1 aliphatic heterocycles. The molecule has 2 rings (SSSR count). The molecule has 0 aromatic heterocycles. The van der Waals surface area contributed by atoms with E-state index in [4.69, 9.17) is 0 Å². The Hall–Kier alpha value is -1.46. The summed E-state index contributed by atoms with van der Waals surface area (Å²) >= 11 is 0. The Morgan fingerprint density at radius 3 is 2.90 bits per heavy atom. The summed E-state index contributed by atoms with van der Waals surface area (Å²) in [5, 5.41) is 6.26. The molecular weight excluding hydrogens is 257 g/mol. The summed E-state index contributed by atoms with van der Waals surface area (Å²) in [6.07, 6.45) is 0.726. The first kappa shape index (κ1) is 14.9. The third kappa shape index (κ3) is 4.90. The molecule has 1 aliphatic rings. The van der Waals surface area contributed by atoms with Crippen molar-refractivity contribution in [3.05, 3.63) is 35.6 Å². The highest BCUT2D eigenvalue weighted by molar-refractivity contribution is 5.78. The molecule has 20 heavy (non-hydrogen) atoms. The Morgan fingerprint density at radius 2 is 2.20 bits per heavy atom. The molecule has 1 amide bonds. The summed E-state index contributed by atoms with van der Waals surface area (Å²) in [7, 11) is 0. The molecule has 1 aromatic rings. The Morgan fingerprint density at radius 1 is 1.45 bits per heavy atom. The van der Waals surface area contributed by atoms with E-state index >= 15 is 0 Å². The zero-order valence-electron chi connectivity index (χ0n) is 11.9. The van der Waals surface area contributed by atoms with E-state index in [-0.39, 0.29) is 11.7 Å². The number of piperazine rings is 1. The minimum atomic E-state index is -0.231. The van der Waals surface area contributed by atoms with Crippen molar-refractivity contribution in [3.8, 4) is 0 Å². The minimum Gasteiger partial charge on any atom is -0.355 e. The van der Waals surface area contributed by atoms with E-state index in [9.17, 15) is 9.18 Å². The van der Waals surface area contributed by atoms with Crippen molar-refractivity contribution in [1.82, 2.24) is 15.5 Å². The number of carbonyl (C=O) groups is 1. The highest BCUT2D eigenvalue weighted by atomic mass is 19.1. The predicted octanol–water partition coefficient (Wildman–Crippen LogP) is 0.778. The van der Waals surface area contributed by atoms with Crippen molar-refractivity contribution in [2.75, 3.05) is 32.7 Å². The van der Waals surface area contributed by atoms with Crippen molar-refractivity contribution < 1.29 is 9.18 Å². The van der Waals surface area contributed by atoms with Gasteiger partial charge in [-0.2, -0.15) is 0 Å². The second-order valence-electron chi connectivity index (χ2n) is 5.32. The average molecular weight is 279 g/mol. The van der Waals surface area contributed by atoms with Crippen LogP contribution in [0.2, 0.25) is 0 Å². The monoisotopic (exact) mass is 279 g/mol. The summed E-state index contributed by atoms with van der Waals surface area (Å²) in [5.41, 5.74) is 1.03. The fourth-order valence-corrected chi connectivity index (χ4v) is 2.41. The molecule has 5 heteroatoms. The van der Waals surface area contributed by atoms with Crippen LogP contribution in [0.4, 0.5) is 4.39 Å². The van der Waals surface area contributed by atoms with Gasteiger partial charge in [-0.25, -0.2) is 4.39 Å². The number of rotatable bonds is 5. The van der Waals surface area contributed by atoms with Crippen LogP contribution in [0.15, 0.2) is 24.3 Å². The maximum atomic E-state index is 12.7. The van der Waals surface area contributed by atoms with Crippen LogP contribution in [0.3, 0.4) is 0 Å². The summed E-state index contributed by atoms with van der Waals surface area (Å²) in [6, 6.07) is 6.83. The van der Waals surface area contributed by atoms with Gasteiger partial charge in [0.2, 0.25) is 5.91 Å². The molecule has 0 spiro atoms. The first-order chi connectivity index (χ1) is 9.63. The number of nitrogens with zero attached hydrogens (tertiary/aromatic N) is 1. The quantitative estimate of drug-likeness (QED) is 0.837. The summed E-state index contributed by atoms with van der Waals surface area (Å²) in [5.74, 6) is -0.174. The number of halogens is 1. The lowest BCUT2D eigenvalue weighted by atomic mass is 10.1. The van der Waals surface area contributed by atoms with Gasteiger partial charge < -0.3 is 10.6 Å². The van der Waals surface area contributed by atoms with Crippen molar-refractivity contribution in [2.45, 2.75) is 19.4 Å². The Kier molecular flexibility index (Phi) is 5.49. The summed E-state index contributed by atoms with van der Waals surface area (Å²) in [4.78, 5) is 14.0. The summed E-state index contributed by atoms with van der Waals surface area (Å²) < 4.78 is 12.7. The average Bonchev–Trinajstić information content (AvgIpc) is 2.41. The lowest BCUT2D eigenvalue weighted by molar-refractivity contribution is -0.122. The van der Waals surface area contributed by atoms with Crippen LogP contribution >= 0.6 is 0 Å². The van der Waals surface area contributed by atoms with Gasteiger partial charge in [0.05, 0.1) is 6.54 Å². The van der Waals surface area contributed by atoms with Crippen molar-refractivity contribution in [2.24, 2.45) is 0 Å². The molecule has 1 atom stereocenters. The van der Waals surface area contributed by atoms with E-state index in [2.05, 4.69) is 22.5 Å². The van der Waals surface area contributed by atoms with Crippen LogP contribution in [0.1, 0.15) is 12.5 Å². The first-order valence-corrected chi connectivity index (χ1v) is 7.10.